The number of benzene rings is 1. The van der Waals surface area contributed by atoms with Gasteiger partial charge in [0.1, 0.15) is 0 Å². The third-order valence-electron chi connectivity index (χ3n) is 3.94. The number of nitrogens with two attached hydrogens (primary N) is 1. The van der Waals surface area contributed by atoms with Gasteiger partial charge in [0.25, 0.3) is 0 Å². The van der Waals surface area contributed by atoms with Crippen LogP contribution in [0, 0.1) is 0 Å². The fraction of sp³-hybridized carbons (Fsp3) is 0.538. The van der Waals surface area contributed by atoms with Crippen LogP contribution in [0.5, 0.6) is 0 Å². The predicted octanol–water partition coefficient (Wildman–Crippen LogP) is 1.46. The van der Waals surface area contributed by atoms with Gasteiger partial charge in [-0.3, -0.25) is 4.31 Å². The summed E-state index contributed by atoms with van der Waals surface area (Å²) in [6.07, 6.45) is 3.27. The van der Waals surface area contributed by atoms with Crippen molar-refractivity contribution < 1.29 is 8.42 Å². The lowest BCUT2D eigenvalue weighted by Crippen LogP contribution is -2.34. The molecule has 1 saturated carbocycles. The van der Waals surface area contributed by atoms with Gasteiger partial charge in [-0.05, 0) is 31.4 Å². The summed E-state index contributed by atoms with van der Waals surface area (Å²) in [7, 11) is -1.66. The third kappa shape index (κ3) is 2.12. The first-order valence-electron chi connectivity index (χ1n) is 6.08. The maximum atomic E-state index is 11.7. The number of hydrogen-bond acceptors (Lipinski definition) is 3. The molecule has 100 valence electrons. The van der Waals surface area contributed by atoms with Crippen LogP contribution in [0.25, 0.3) is 0 Å². The van der Waals surface area contributed by atoms with Crippen molar-refractivity contribution in [1.29, 1.82) is 0 Å². The van der Waals surface area contributed by atoms with Crippen LogP contribution in [0.4, 0.5) is 5.69 Å². The van der Waals surface area contributed by atoms with Crippen molar-refractivity contribution in [3.8, 4) is 0 Å². The second-order valence-corrected chi connectivity index (χ2v) is 7.21. The van der Waals surface area contributed by atoms with Gasteiger partial charge in [-0.25, -0.2) is 8.42 Å². The second-order valence-electron chi connectivity index (χ2n) is 5.19. The van der Waals surface area contributed by atoms with Gasteiger partial charge in [0.05, 0.1) is 11.9 Å². The van der Waals surface area contributed by atoms with Crippen LogP contribution < -0.4 is 10.0 Å². The minimum Gasteiger partial charge on any atom is -0.327 e. The fourth-order valence-electron chi connectivity index (χ4n) is 2.45. The summed E-state index contributed by atoms with van der Waals surface area (Å²) in [4.78, 5) is 0. The summed E-state index contributed by atoms with van der Waals surface area (Å²) in [5.41, 5.74) is 7.82. The van der Waals surface area contributed by atoms with Gasteiger partial charge in [0, 0.05) is 18.5 Å². The standard InChI is InChI=1S/C13H20N2O2S/c1-10(14)13(8-9-13)11-6-4-5-7-12(11)15(2)18(3,16)17/h4-7,10H,8-9,14H2,1-3H3. The van der Waals surface area contributed by atoms with Gasteiger partial charge in [0.15, 0.2) is 0 Å². The van der Waals surface area contributed by atoms with E-state index in [1.807, 2.05) is 31.2 Å². The van der Waals surface area contributed by atoms with Crippen LogP contribution in [0.1, 0.15) is 25.3 Å². The van der Waals surface area contributed by atoms with Crippen LogP contribution in [0.15, 0.2) is 24.3 Å². The topological polar surface area (TPSA) is 63.4 Å². The summed E-state index contributed by atoms with van der Waals surface area (Å²) in [6.45, 7) is 1.99. The van der Waals surface area contributed by atoms with Crippen LogP contribution in [0.2, 0.25) is 0 Å². The molecule has 0 bridgehead atoms. The lowest BCUT2D eigenvalue weighted by molar-refractivity contribution is 0.556. The Kier molecular flexibility index (Phi) is 3.15. The Morgan fingerprint density at radius 3 is 2.33 bits per heavy atom. The maximum Gasteiger partial charge on any atom is 0.232 e. The maximum absolute atomic E-state index is 11.7. The van der Waals surface area contributed by atoms with Crippen LogP contribution >= 0.6 is 0 Å². The smallest absolute Gasteiger partial charge is 0.232 e. The Morgan fingerprint density at radius 1 is 1.33 bits per heavy atom. The first-order valence-corrected chi connectivity index (χ1v) is 7.93. The number of hydrogen-bond donors (Lipinski definition) is 1. The minimum atomic E-state index is -3.24. The molecule has 0 aromatic heterocycles. The van der Waals surface area contributed by atoms with Gasteiger partial charge in [-0.15, -0.1) is 0 Å². The van der Waals surface area contributed by atoms with E-state index in [-0.39, 0.29) is 11.5 Å². The molecule has 0 saturated heterocycles. The van der Waals surface area contributed by atoms with E-state index in [2.05, 4.69) is 0 Å². The molecule has 1 atom stereocenters. The number of anilines is 1. The van der Waals surface area contributed by atoms with Crippen LogP contribution in [0.3, 0.4) is 0 Å². The average molecular weight is 268 g/mol. The van der Waals surface area contributed by atoms with Gasteiger partial charge in [-0.2, -0.15) is 0 Å². The Labute approximate surface area is 109 Å². The molecule has 1 aliphatic carbocycles. The van der Waals surface area contributed by atoms with Crippen LogP contribution in [-0.2, 0) is 15.4 Å². The van der Waals surface area contributed by atoms with E-state index in [1.54, 1.807) is 7.05 Å². The predicted molar refractivity (Wildman–Crippen MR) is 74.3 cm³/mol. The highest BCUT2D eigenvalue weighted by atomic mass is 32.2. The highest BCUT2D eigenvalue weighted by Gasteiger charge is 2.49. The molecule has 1 unspecified atom stereocenters. The summed E-state index contributed by atoms with van der Waals surface area (Å²) in [5.74, 6) is 0. The quantitative estimate of drug-likeness (QED) is 0.899. The summed E-state index contributed by atoms with van der Waals surface area (Å²) in [5, 5.41) is 0. The van der Waals surface area contributed by atoms with E-state index < -0.39 is 10.0 Å². The summed E-state index contributed by atoms with van der Waals surface area (Å²) < 4.78 is 24.7. The number of rotatable bonds is 4. The van der Waals surface area contributed by atoms with Crippen molar-refractivity contribution in [2.45, 2.75) is 31.2 Å². The average Bonchev–Trinajstić information content (AvgIpc) is 3.08. The minimum absolute atomic E-state index is 0.0339. The lowest BCUT2D eigenvalue weighted by atomic mass is 9.88. The van der Waals surface area contributed by atoms with Gasteiger partial charge in [0.2, 0.25) is 10.0 Å². The third-order valence-corrected chi connectivity index (χ3v) is 5.13. The molecule has 1 aromatic carbocycles. The first kappa shape index (κ1) is 13.4. The van der Waals surface area contributed by atoms with Crippen molar-refractivity contribution in [2.75, 3.05) is 17.6 Å². The largest absolute Gasteiger partial charge is 0.327 e. The van der Waals surface area contributed by atoms with Crippen molar-refractivity contribution in [2.24, 2.45) is 5.73 Å². The Bertz CT molecular complexity index is 548. The molecule has 0 aliphatic heterocycles. The zero-order chi connectivity index (χ0) is 13.6. The zero-order valence-electron chi connectivity index (χ0n) is 11.1. The van der Waals surface area contributed by atoms with E-state index in [9.17, 15) is 8.42 Å². The van der Waals surface area contributed by atoms with Gasteiger partial charge >= 0.3 is 0 Å². The van der Waals surface area contributed by atoms with E-state index in [1.165, 1.54) is 10.6 Å². The molecular weight excluding hydrogens is 248 g/mol. The fourth-order valence-corrected chi connectivity index (χ4v) is 2.97. The molecule has 0 heterocycles. The molecule has 2 rings (SSSR count). The Balaban J connectivity index is 2.51. The first-order chi connectivity index (χ1) is 8.29. The Morgan fingerprint density at radius 2 is 1.89 bits per heavy atom. The number of para-hydroxylation sites is 1. The monoisotopic (exact) mass is 268 g/mol. The number of nitrogens with zero attached hydrogens (tertiary/aromatic N) is 1. The van der Waals surface area contributed by atoms with Crippen molar-refractivity contribution >= 4 is 15.7 Å². The van der Waals surface area contributed by atoms with E-state index in [0.29, 0.717) is 0 Å². The highest BCUT2D eigenvalue weighted by molar-refractivity contribution is 7.92. The summed E-state index contributed by atoms with van der Waals surface area (Å²) >= 11 is 0. The van der Waals surface area contributed by atoms with Crippen molar-refractivity contribution in [1.82, 2.24) is 0 Å². The van der Waals surface area contributed by atoms with Crippen molar-refractivity contribution in [3.05, 3.63) is 29.8 Å². The molecule has 1 aliphatic rings. The highest BCUT2D eigenvalue weighted by Crippen LogP contribution is 2.53. The molecule has 0 radical (unpaired) electrons. The van der Waals surface area contributed by atoms with E-state index in [0.717, 1.165) is 24.1 Å². The molecule has 0 spiro atoms. The Hall–Kier alpha value is -1.07. The molecular formula is C13H20N2O2S. The van der Waals surface area contributed by atoms with E-state index in [4.69, 9.17) is 5.73 Å². The molecule has 2 N–H and O–H groups in total. The van der Waals surface area contributed by atoms with Crippen LogP contribution in [-0.4, -0.2) is 27.8 Å². The van der Waals surface area contributed by atoms with Gasteiger partial charge < -0.3 is 5.73 Å². The molecule has 0 amide bonds. The lowest BCUT2D eigenvalue weighted by Gasteiger charge is -2.27. The molecule has 18 heavy (non-hydrogen) atoms. The normalized spacial score (nSPS) is 19.3. The molecule has 5 heteroatoms. The van der Waals surface area contributed by atoms with Crippen molar-refractivity contribution in [3.63, 3.8) is 0 Å². The molecule has 1 aromatic rings. The second kappa shape index (κ2) is 4.24. The molecule has 4 nitrogen and oxygen atoms in total. The molecule has 1 fully saturated rings. The SMILES string of the molecule is CC(N)C1(c2ccccc2N(C)S(C)(=O)=O)CC1. The summed E-state index contributed by atoms with van der Waals surface area (Å²) in [6, 6.07) is 7.67. The zero-order valence-corrected chi connectivity index (χ0v) is 11.9. The van der Waals surface area contributed by atoms with Gasteiger partial charge in [-0.1, -0.05) is 18.2 Å². The van der Waals surface area contributed by atoms with E-state index >= 15 is 0 Å². The number of sulfonamides is 1.